The van der Waals surface area contributed by atoms with Crippen LogP contribution in [0.4, 0.5) is 0 Å². The normalized spacial score (nSPS) is 30.7. The Labute approximate surface area is 113 Å². The zero-order valence-electron chi connectivity index (χ0n) is 12.1. The first kappa shape index (κ1) is 15.5. The molecule has 19 heavy (non-hydrogen) atoms. The molecule has 1 heterocycles. The minimum atomic E-state index is -1.03. The zero-order valence-corrected chi connectivity index (χ0v) is 12.1. The third-order valence-corrected chi connectivity index (χ3v) is 3.83. The molecule has 0 aliphatic carbocycles. The molecule has 2 N–H and O–H groups in total. The molecule has 1 aliphatic rings. The molecule has 1 aliphatic heterocycles. The van der Waals surface area contributed by atoms with Crippen LogP contribution in [-0.2, 0) is 19.1 Å². The number of ether oxygens (including phenoxy) is 1. The summed E-state index contributed by atoms with van der Waals surface area (Å²) in [4.78, 5) is 35.4. The summed E-state index contributed by atoms with van der Waals surface area (Å²) in [7, 11) is 1.29. The largest absolute Gasteiger partial charge is 0.467 e. The highest BCUT2D eigenvalue weighted by molar-refractivity contribution is 5.96. The number of amides is 2. The molecule has 0 aromatic carbocycles. The maximum absolute atomic E-state index is 12.4. The van der Waals surface area contributed by atoms with Gasteiger partial charge in [0.1, 0.15) is 11.1 Å². The van der Waals surface area contributed by atoms with E-state index < -0.39 is 17.0 Å². The van der Waals surface area contributed by atoms with Crippen molar-refractivity contribution in [2.45, 2.75) is 51.6 Å². The van der Waals surface area contributed by atoms with Crippen molar-refractivity contribution < 1.29 is 19.1 Å². The summed E-state index contributed by atoms with van der Waals surface area (Å²) in [6.07, 6.45) is 0.825. The lowest BCUT2D eigenvalue weighted by molar-refractivity contribution is -0.155. The Bertz CT molecular complexity index is 407. The summed E-state index contributed by atoms with van der Waals surface area (Å²) in [5.74, 6) is -1.14. The Balaban J connectivity index is 3.01. The number of esters is 1. The molecule has 0 saturated carbocycles. The predicted octanol–water partition coefficient (Wildman–Crippen LogP) is 0.359. The van der Waals surface area contributed by atoms with Gasteiger partial charge >= 0.3 is 5.97 Å². The monoisotopic (exact) mass is 270 g/mol. The van der Waals surface area contributed by atoms with Gasteiger partial charge in [-0.3, -0.25) is 9.59 Å². The van der Waals surface area contributed by atoms with Gasteiger partial charge in [0.25, 0.3) is 0 Å². The first-order chi connectivity index (χ1) is 8.68. The van der Waals surface area contributed by atoms with E-state index in [-0.39, 0.29) is 17.7 Å². The van der Waals surface area contributed by atoms with Gasteiger partial charge in [-0.15, -0.1) is 0 Å². The van der Waals surface area contributed by atoms with E-state index in [1.807, 2.05) is 13.8 Å². The van der Waals surface area contributed by atoms with Gasteiger partial charge in [0.2, 0.25) is 11.8 Å². The minimum Gasteiger partial charge on any atom is -0.467 e. The van der Waals surface area contributed by atoms with Crippen molar-refractivity contribution in [2.75, 3.05) is 7.11 Å². The molecular weight excluding hydrogens is 248 g/mol. The number of rotatable bonds is 3. The molecule has 0 radical (unpaired) electrons. The fourth-order valence-electron chi connectivity index (χ4n) is 2.49. The fourth-order valence-corrected chi connectivity index (χ4v) is 2.49. The molecule has 1 rings (SSSR count). The first-order valence-electron chi connectivity index (χ1n) is 6.38. The van der Waals surface area contributed by atoms with Crippen LogP contribution in [0.1, 0.15) is 40.5 Å². The van der Waals surface area contributed by atoms with E-state index in [0.717, 1.165) is 0 Å². The highest BCUT2D eigenvalue weighted by Gasteiger charge is 2.52. The summed E-state index contributed by atoms with van der Waals surface area (Å²) in [6, 6.07) is 0. The van der Waals surface area contributed by atoms with Crippen LogP contribution in [0.3, 0.4) is 0 Å². The van der Waals surface area contributed by atoms with Crippen LogP contribution in [0, 0.1) is 5.92 Å². The number of piperidine rings is 1. The second-order valence-electron chi connectivity index (χ2n) is 5.59. The third kappa shape index (κ3) is 2.72. The van der Waals surface area contributed by atoms with Gasteiger partial charge in [0.05, 0.1) is 7.11 Å². The number of carbonyl (C=O) groups is 3. The van der Waals surface area contributed by atoms with Crippen molar-refractivity contribution in [1.29, 1.82) is 0 Å². The molecule has 0 unspecified atom stereocenters. The van der Waals surface area contributed by atoms with Gasteiger partial charge in [-0.2, -0.15) is 0 Å². The van der Waals surface area contributed by atoms with Crippen molar-refractivity contribution in [1.82, 2.24) is 10.6 Å². The molecule has 2 amide bonds. The molecule has 0 aromatic rings. The van der Waals surface area contributed by atoms with Crippen LogP contribution in [0.25, 0.3) is 0 Å². The highest BCUT2D eigenvalue weighted by Crippen LogP contribution is 2.32. The fraction of sp³-hybridized carbons (Fsp3) is 0.769. The molecule has 1 saturated heterocycles. The molecule has 0 spiro atoms. The van der Waals surface area contributed by atoms with E-state index in [4.69, 9.17) is 4.74 Å². The standard InChI is InChI=1S/C13H22N2O4/c1-8(2)13(14-9(3)16)7-6-12(4,11(18)19-5)15-10(13)17/h8H,6-7H2,1-5H3,(H,14,16)(H,15,17)/t12-,13+/m1/s1. The lowest BCUT2D eigenvalue weighted by Gasteiger charge is -2.45. The van der Waals surface area contributed by atoms with Crippen molar-refractivity contribution in [2.24, 2.45) is 5.92 Å². The molecule has 6 nitrogen and oxygen atoms in total. The van der Waals surface area contributed by atoms with Crippen molar-refractivity contribution in [3.05, 3.63) is 0 Å². The Morgan fingerprint density at radius 2 is 1.95 bits per heavy atom. The summed E-state index contributed by atoms with van der Waals surface area (Å²) in [6.45, 7) is 6.76. The molecule has 0 bridgehead atoms. The molecule has 2 atom stereocenters. The summed E-state index contributed by atoms with van der Waals surface area (Å²) >= 11 is 0. The van der Waals surface area contributed by atoms with E-state index in [9.17, 15) is 14.4 Å². The van der Waals surface area contributed by atoms with E-state index in [2.05, 4.69) is 10.6 Å². The van der Waals surface area contributed by atoms with Gasteiger partial charge in [0.15, 0.2) is 0 Å². The second-order valence-corrected chi connectivity index (χ2v) is 5.59. The number of hydrogen-bond donors (Lipinski definition) is 2. The molecular formula is C13H22N2O4. The molecule has 108 valence electrons. The van der Waals surface area contributed by atoms with Crippen molar-refractivity contribution in [3.8, 4) is 0 Å². The van der Waals surface area contributed by atoms with Crippen LogP contribution in [0.15, 0.2) is 0 Å². The number of carbonyl (C=O) groups excluding carboxylic acids is 3. The number of methoxy groups -OCH3 is 1. The molecule has 6 heteroatoms. The number of nitrogens with one attached hydrogen (secondary N) is 2. The topological polar surface area (TPSA) is 84.5 Å². The van der Waals surface area contributed by atoms with E-state index in [0.29, 0.717) is 12.8 Å². The van der Waals surface area contributed by atoms with Crippen molar-refractivity contribution in [3.63, 3.8) is 0 Å². The smallest absolute Gasteiger partial charge is 0.331 e. The Morgan fingerprint density at radius 1 is 1.37 bits per heavy atom. The summed E-state index contributed by atoms with van der Waals surface area (Å²) < 4.78 is 4.71. The SMILES string of the molecule is COC(=O)[C@@]1(C)CC[C@](NC(C)=O)(C(C)C)C(=O)N1. The van der Waals surface area contributed by atoms with Gasteiger partial charge in [-0.05, 0) is 25.7 Å². The van der Waals surface area contributed by atoms with E-state index >= 15 is 0 Å². The maximum atomic E-state index is 12.4. The average Bonchev–Trinajstić information content (AvgIpc) is 2.31. The highest BCUT2D eigenvalue weighted by atomic mass is 16.5. The lowest BCUT2D eigenvalue weighted by Crippen LogP contribution is -2.70. The van der Waals surface area contributed by atoms with E-state index in [1.165, 1.54) is 14.0 Å². The summed E-state index contributed by atoms with van der Waals surface area (Å²) in [5.41, 5.74) is -1.98. The second kappa shape index (κ2) is 5.19. The molecule has 1 fully saturated rings. The van der Waals surface area contributed by atoms with E-state index in [1.54, 1.807) is 6.92 Å². The van der Waals surface area contributed by atoms with Crippen LogP contribution in [-0.4, -0.2) is 36.0 Å². The quantitative estimate of drug-likeness (QED) is 0.725. The average molecular weight is 270 g/mol. The van der Waals surface area contributed by atoms with Crippen LogP contribution in [0.5, 0.6) is 0 Å². The van der Waals surface area contributed by atoms with Gasteiger partial charge in [-0.1, -0.05) is 13.8 Å². The zero-order chi connectivity index (χ0) is 14.8. The number of hydrogen-bond acceptors (Lipinski definition) is 4. The Kier molecular flexibility index (Phi) is 4.22. The summed E-state index contributed by atoms with van der Waals surface area (Å²) in [5, 5.41) is 5.43. The van der Waals surface area contributed by atoms with Crippen molar-refractivity contribution >= 4 is 17.8 Å². The Morgan fingerprint density at radius 3 is 2.32 bits per heavy atom. The first-order valence-corrected chi connectivity index (χ1v) is 6.38. The predicted molar refractivity (Wildman–Crippen MR) is 69.2 cm³/mol. The Hall–Kier alpha value is -1.59. The maximum Gasteiger partial charge on any atom is 0.331 e. The van der Waals surface area contributed by atoms with Gasteiger partial charge in [-0.25, -0.2) is 4.79 Å². The third-order valence-electron chi connectivity index (χ3n) is 3.83. The van der Waals surface area contributed by atoms with Gasteiger partial charge < -0.3 is 15.4 Å². The lowest BCUT2D eigenvalue weighted by atomic mass is 9.74. The van der Waals surface area contributed by atoms with Crippen LogP contribution < -0.4 is 10.6 Å². The van der Waals surface area contributed by atoms with Gasteiger partial charge in [0, 0.05) is 6.92 Å². The van der Waals surface area contributed by atoms with Crippen LogP contribution >= 0.6 is 0 Å². The minimum absolute atomic E-state index is 0.0707. The molecule has 0 aromatic heterocycles. The van der Waals surface area contributed by atoms with Crippen LogP contribution in [0.2, 0.25) is 0 Å².